The minimum Gasteiger partial charge on any atom is -0.448 e. The van der Waals surface area contributed by atoms with Crippen LogP contribution in [0.1, 0.15) is 38.7 Å². The Labute approximate surface area is 144 Å². The third-order valence-corrected chi connectivity index (χ3v) is 4.27. The number of furan rings is 1. The van der Waals surface area contributed by atoms with Crippen molar-refractivity contribution in [3.05, 3.63) is 59.0 Å². The maximum Gasteiger partial charge on any atom is 0.289 e. The minimum absolute atomic E-state index is 0.175. The van der Waals surface area contributed by atoms with Gasteiger partial charge in [0.05, 0.1) is 5.33 Å². The van der Waals surface area contributed by atoms with E-state index in [-0.39, 0.29) is 28.5 Å². The van der Waals surface area contributed by atoms with Gasteiger partial charge in [0, 0.05) is 13.6 Å². The summed E-state index contributed by atoms with van der Waals surface area (Å²) >= 11 is 3.08. The van der Waals surface area contributed by atoms with Gasteiger partial charge >= 0.3 is 0 Å². The van der Waals surface area contributed by atoms with E-state index in [0.29, 0.717) is 6.54 Å². The summed E-state index contributed by atoms with van der Waals surface area (Å²) in [5.74, 6) is 0.0286. The molecule has 2 rings (SSSR count). The molecule has 4 nitrogen and oxygen atoms in total. The fourth-order valence-electron chi connectivity index (χ4n) is 2.36. The molecule has 0 spiro atoms. The summed E-state index contributed by atoms with van der Waals surface area (Å²) in [5.41, 5.74) is 2.57. The molecule has 0 bridgehead atoms. The number of alkyl halides is 1. The second kappa shape index (κ2) is 8.11. The molecule has 1 aromatic carbocycles. The van der Waals surface area contributed by atoms with Crippen molar-refractivity contribution >= 4 is 27.6 Å². The van der Waals surface area contributed by atoms with Gasteiger partial charge in [0.15, 0.2) is 11.5 Å². The van der Waals surface area contributed by atoms with E-state index in [0.717, 1.165) is 12.8 Å². The van der Waals surface area contributed by atoms with E-state index in [1.165, 1.54) is 17.2 Å². The second-order valence-corrected chi connectivity index (χ2v) is 6.04. The molecule has 0 N–H and O–H groups in total. The summed E-state index contributed by atoms with van der Waals surface area (Å²) in [6.07, 6.45) is 1.80. The molecule has 0 radical (unpaired) electrons. The summed E-state index contributed by atoms with van der Waals surface area (Å²) in [4.78, 5) is 25.4. The fraction of sp³-hybridized carbons (Fsp3) is 0.333. The topological polar surface area (TPSA) is 50.5 Å². The van der Waals surface area contributed by atoms with Crippen molar-refractivity contribution < 1.29 is 14.0 Å². The highest BCUT2D eigenvalue weighted by molar-refractivity contribution is 9.09. The minimum atomic E-state index is -0.205. The van der Waals surface area contributed by atoms with Crippen molar-refractivity contribution in [2.24, 2.45) is 0 Å². The number of hydrogen-bond donors (Lipinski definition) is 0. The van der Waals surface area contributed by atoms with Gasteiger partial charge < -0.3 is 9.32 Å². The number of hydrogen-bond acceptors (Lipinski definition) is 3. The first-order chi connectivity index (χ1) is 11.0. The lowest BCUT2D eigenvalue weighted by molar-refractivity contribution is 0.0759. The monoisotopic (exact) mass is 377 g/mol. The number of benzene rings is 1. The summed E-state index contributed by atoms with van der Waals surface area (Å²) in [7, 11) is 1.74. The fourth-order valence-corrected chi connectivity index (χ4v) is 2.63. The largest absolute Gasteiger partial charge is 0.448 e. The van der Waals surface area contributed by atoms with E-state index in [1.54, 1.807) is 18.0 Å². The van der Waals surface area contributed by atoms with Crippen LogP contribution in [0.3, 0.4) is 0 Å². The molecular formula is C18H20BrNO3. The zero-order valence-corrected chi connectivity index (χ0v) is 14.9. The third-order valence-electron chi connectivity index (χ3n) is 3.76. The van der Waals surface area contributed by atoms with Crippen molar-refractivity contribution in [3.8, 4) is 0 Å². The van der Waals surface area contributed by atoms with Crippen LogP contribution in [-0.4, -0.2) is 35.5 Å². The summed E-state index contributed by atoms with van der Waals surface area (Å²) in [6.45, 7) is 2.73. The van der Waals surface area contributed by atoms with E-state index >= 15 is 0 Å². The Bertz CT molecular complexity index is 693. The lowest BCUT2D eigenvalue weighted by Crippen LogP contribution is -2.27. The van der Waals surface area contributed by atoms with Crippen LogP contribution in [0.4, 0.5) is 0 Å². The summed E-state index contributed by atoms with van der Waals surface area (Å²) in [6, 6.07) is 11.4. The predicted octanol–water partition coefficient (Wildman–Crippen LogP) is 3.87. The van der Waals surface area contributed by atoms with Crippen molar-refractivity contribution in [2.45, 2.75) is 19.8 Å². The van der Waals surface area contributed by atoms with Gasteiger partial charge in [0.1, 0.15) is 0 Å². The maximum atomic E-state index is 12.3. The molecule has 122 valence electrons. The first-order valence-electron chi connectivity index (χ1n) is 7.52. The van der Waals surface area contributed by atoms with Crippen molar-refractivity contribution in [1.82, 2.24) is 4.90 Å². The third kappa shape index (κ3) is 4.55. The van der Waals surface area contributed by atoms with E-state index in [4.69, 9.17) is 4.42 Å². The van der Waals surface area contributed by atoms with Gasteiger partial charge in [-0.05, 0) is 43.0 Å². The van der Waals surface area contributed by atoms with Crippen LogP contribution in [0.15, 0.2) is 40.8 Å². The second-order valence-electron chi connectivity index (χ2n) is 5.48. The molecule has 0 saturated heterocycles. The molecule has 5 heteroatoms. The van der Waals surface area contributed by atoms with Gasteiger partial charge in [-0.25, -0.2) is 0 Å². The van der Waals surface area contributed by atoms with Gasteiger partial charge in [-0.2, -0.15) is 0 Å². The van der Waals surface area contributed by atoms with Crippen LogP contribution in [0.5, 0.6) is 0 Å². The van der Waals surface area contributed by atoms with E-state index in [2.05, 4.69) is 35.0 Å². The molecule has 0 aliphatic heterocycles. The molecule has 0 fully saturated rings. The Hall–Kier alpha value is -1.88. The number of Topliss-reactive ketones (excluding diaryl/α,β-unsaturated/α-hetero) is 1. The molecule has 0 aliphatic rings. The molecule has 0 saturated carbocycles. The van der Waals surface area contributed by atoms with Crippen molar-refractivity contribution in [3.63, 3.8) is 0 Å². The number of amides is 1. The van der Waals surface area contributed by atoms with Gasteiger partial charge in [-0.15, -0.1) is 0 Å². The molecule has 0 unspecified atom stereocenters. The van der Waals surface area contributed by atoms with Crippen LogP contribution in [-0.2, 0) is 6.42 Å². The van der Waals surface area contributed by atoms with Crippen molar-refractivity contribution in [2.75, 3.05) is 18.9 Å². The SMILES string of the molecule is Cc1ccccc1CCCN(C)C(=O)c1ccc(C(=O)CBr)o1. The van der Waals surface area contributed by atoms with Crippen LogP contribution in [0, 0.1) is 6.92 Å². The number of rotatable bonds is 7. The van der Waals surface area contributed by atoms with Gasteiger partial charge in [-0.1, -0.05) is 40.2 Å². The standard InChI is InChI=1S/C18H20BrNO3/c1-13-6-3-4-7-14(13)8-5-11-20(2)18(22)17-10-9-16(23-17)15(21)12-19/h3-4,6-7,9-10H,5,8,11-12H2,1-2H3. The molecule has 1 heterocycles. The Morgan fingerprint density at radius 3 is 2.52 bits per heavy atom. The molecular weight excluding hydrogens is 358 g/mol. The highest BCUT2D eigenvalue weighted by Crippen LogP contribution is 2.13. The lowest BCUT2D eigenvalue weighted by Gasteiger charge is -2.16. The highest BCUT2D eigenvalue weighted by atomic mass is 79.9. The smallest absolute Gasteiger partial charge is 0.289 e. The van der Waals surface area contributed by atoms with Crippen molar-refractivity contribution in [1.29, 1.82) is 0 Å². The number of carbonyl (C=O) groups excluding carboxylic acids is 2. The molecule has 0 aliphatic carbocycles. The first-order valence-corrected chi connectivity index (χ1v) is 8.64. The van der Waals surface area contributed by atoms with E-state index in [9.17, 15) is 9.59 Å². The Morgan fingerprint density at radius 2 is 1.83 bits per heavy atom. The number of ketones is 1. The molecule has 1 amide bonds. The zero-order chi connectivity index (χ0) is 16.8. The molecule has 0 atom stereocenters. The predicted molar refractivity (Wildman–Crippen MR) is 93.3 cm³/mol. The van der Waals surface area contributed by atoms with Gasteiger partial charge in [0.2, 0.25) is 5.78 Å². The van der Waals surface area contributed by atoms with Crippen LogP contribution >= 0.6 is 15.9 Å². The maximum absolute atomic E-state index is 12.3. The summed E-state index contributed by atoms with van der Waals surface area (Å²) in [5, 5.41) is 0.181. The Kier molecular flexibility index (Phi) is 6.16. The van der Waals surface area contributed by atoms with Crippen LogP contribution < -0.4 is 0 Å². The highest BCUT2D eigenvalue weighted by Gasteiger charge is 2.18. The van der Waals surface area contributed by atoms with E-state index in [1.807, 2.05) is 12.1 Å². The Morgan fingerprint density at radius 1 is 1.13 bits per heavy atom. The average molecular weight is 378 g/mol. The Balaban J connectivity index is 1.89. The van der Waals surface area contributed by atoms with E-state index < -0.39 is 0 Å². The number of carbonyl (C=O) groups is 2. The van der Waals surface area contributed by atoms with Gasteiger partial charge in [0.25, 0.3) is 5.91 Å². The molecule has 1 aromatic heterocycles. The zero-order valence-electron chi connectivity index (χ0n) is 13.3. The first kappa shape index (κ1) is 17.5. The quantitative estimate of drug-likeness (QED) is 0.543. The van der Waals surface area contributed by atoms with Gasteiger partial charge in [-0.3, -0.25) is 9.59 Å². The normalized spacial score (nSPS) is 10.6. The van der Waals surface area contributed by atoms with Crippen LogP contribution in [0.2, 0.25) is 0 Å². The number of aryl methyl sites for hydroxylation is 2. The molecule has 23 heavy (non-hydrogen) atoms. The number of nitrogens with zero attached hydrogens (tertiary/aromatic N) is 1. The lowest BCUT2D eigenvalue weighted by atomic mass is 10.0. The molecule has 2 aromatic rings. The number of halogens is 1. The summed E-state index contributed by atoms with van der Waals surface area (Å²) < 4.78 is 5.33. The average Bonchev–Trinajstić information content (AvgIpc) is 3.05. The van der Waals surface area contributed by atoms with Crippen LogP contribution in [0.25, 0.3) is 0 Å².